The van der Waals surface area contributed by atoms with Crippen molar-refractivity contribution in [3.8, 4) is 0 Å². The molecule has 2 aromatic rings. The van der Waals surface area contributed by atoms with Gasteiger partial charge in [0.05, 0.1) is 0 Å². The summed E-state index contributed by atoms with van der Waals surface area (Å²) in [6, 6.07) is 8.81. The zero-order chi connectivity index (χ0) is 13.0. The maximum Gasteiger partial charge on any atom is 0.0431 e. The van der Waals surface area contributed by atoms with Crippen LogP contribution >= 0.6 is 11.8 Å². The summed E-state index contributed by atoms with van der Waals surface area (Å²) in [5.41, 5.74) is 1.30. The largest absolute Gasteiger partial charge is 0.312 e. The Hall–Kier alpha value is -1.06. The molecule has 0 aliphatic heterocycles. The van der Waals surface area contributed by atoms with Crippen LogP contribution in [0.25, 0.3) is 10.8 Å². The lowest BCUT2D eigenvalue weighted by Crippen LogP contribution is -2.20. The molecule has 0 spiro atoms. The van der Waals surface area contributed by atoms with Crippen molar-refractivity contribution in [3.05, 3.63) is 42.2 Å². The first-order valence-corrected chi connectivity index (χ1v) is 7.38. The molecule has 0 amide bonds. The third-order valence-corrected chi connectivity index (χ3v) is 4.21. The SMILES string of the molecule is CNC(CSC(C)C)c1cncc2ccccc12. The van der Waals surface area contributed by atoms with Crippen molar-refractivity contribution in [2.45, 2.75) is 25.1 Å². The van der Waals surface area contributed by atoms with Crippen molar-refractivity contribution >= 4 is 22.5 Å². The molecule has 1 aromatic heterocycles. The molecule has 0 aliphatic carbocycles. The van der Waals surface area contributed by atoms with Gasteiger partial charge in [-0.2, -0.15) is 11.8 Å². The molecular formula is C15H20N2S. The number of fused-ring (bicyclic) bond motifs is 1. The van der Waals surface area contributed by atoms with E-state index in [1.165, 1.54) is 16.3 Å². The van der Waals surface area contributed by atoms with Crippen molar-refractivity contribution in [2.75, 3.05) is 12.8 Å². The second-order valence-corrected chi connectivity index (χ2v) is 6.28. The molecule has 2 rings (SSSR count). The van der Waals surface area contributed by atoms with Gasteiger partial charge in [-0.25, -0.2) is 0 Å². The lowest BCUT2D eigenvalue weighted by molar-refractivity contribution is 0.663. The predicted octanol–water partition coefficient (Wildman–Crippen LogP) is 3.64. The molecule has 0 saturated carbocycles. The van der Waals surface area contributed by atoms with E-state index in [1.807, 2.05) is 31.2 Å². The molecule has 96 valence electrons. The number of aromatic nitrogens is 1. The van der Waals surface area contributed by atoms with Gasteiger partial charge in [-0.1, -0.05) is 38.1 Å². The summed E-state index contributed by atoms with van der Waals surface area (Å²) in [6.07, 6.45) is 3.92. The van der Waals surface area contributed by atoms with Crippen LogP contribution in [0.15, 0.2) is 36.7 Å². The molecule has 2 nitrogen and oxygen atoms in total. The monoisotopic (exact) mass is 260 g/mol. The summed E-state index contributed by atoms with van der Waals surface area (Å²) in [7, 11) is 2.02. The van der Waals surface area contributed by atoms with Crippen molar-refractivity contribution in [2.24, 2.45) is 0 Å². The van der Waals surface area contributed by atoms with Crippen molar-refractivity contribution in [3.63, 3.8) is 0 Å². The van der Waals surface area contributed by atoms with E-state index >= 15 is 0 Å². The van der Waals surface area contributed by atoms with Gasteiger partial charge in [0.25, 0.3) is 0 Å². The van der Waals surface area contributed by atoms with Crippen molar-refractivity contribution < 1.29 is 0 Å². The van der Waals surface area contributed by atoms with Gasteiger partial charge in [0.2, 0.25) is 0 Å². The number of thioether (sulfide) groups is 1. The highest BCUT2D eigenvalue weighted by Gasteiger charge is 2.13. The Bertz CT molecular complexity index is 505. The van der Waals surface area contributed by atoms with Crippen LogP contribution in [0.4, 0.5) is 0 Å². The van der Waals surface area contributed by atoms with E-state index in [2.05, 4.69) is 48.4 Å². The van der Waals surface area contributed by atoms with E-state index in [4.69, 9.17) is 0 Å². The van der Waals surface area contributed by atoms with E-state index in [0.717, 1.165) is 5.75 Å². The van der Waals surface area contributed by atoms with E-state index < -0.39 is 0 Å². The number of hydrogen-bond acceptors (Lipinski definition) is 3. The molecule has 0 saturated heterocycles. The molecule has 18 heavy (non-hydrogen) atoms. The van der Waals surface area contributed by atoms with Gasteiger partial charge in [0.15, 0.2) is 0 Å². The average Bonchev–Trinajstić information content (AvgIpc) is 2.39. The standard InChI is InChI=1S/C15H20N2S/c1-11(2)18-10-15(16-3)14-9-17-8-12-6-4-5-7-13(12)14/h4-9,11,15-16H,10H2,1-3H3. The minimum absolute atomic E-state index is 0.357. The highest BCUT2D eigenvalue weighted by atomic mass is 32.2. The van der Waals surface area contributed by atoms with E-state index in [9.17, 15) is 0 Å². The third-order valence-electron chi connectivity index (χ3n) is 3.02. The van der Waals surface area contributed by atoms with Crippen LogP contribution < -0.4 is 5.32 Å². The Morgan fingerprint density at radius 1 is 1.22 bits per heavy atom. The zero-order valence-corrected chi connectivity index (χ0v) is 12.0. The fraction of sp³-hybridized carbons (Fsp3) is 0.400. The number of hydrogen-bond donors (Lipinski definition) is 1. The molecule has 0 bridgehead atoms. The van der Waals surface area contributed by atoms with Gasteiger partial charge in [-0.3, -0.25) is 4.98 Å². The Morgan fingerprint density at radius 3 is 2.72 bits per heavy atom. The first-order chi connectivity index (χ1) is 8.72. The van der Waals surface area contributed by atoms with Crippen LogP contribution in [-0.2, 0) is 0 Å². The number of pyridine rings is 1. The smallest absolute Gasteiger partial charge is 0.0431 e. The van der Waals surface area contributed by atoms with E-state index in [0.29, 0.717) is 11.3 Å². The predicted molar refractivity (Wildman–Crippen MR) is 81.1 cm³/mol. The van der Waals surface area contributed by atoms with Crippen LogP contribution in [0.3, 0.4) is 0 Å². The van der Waals surface area contributed by atoms with E-state index in [-0.39, 0.29) is 0 Å². The van der Waals surface area contributed by atoms with Crippen molar-refractivity contribution in [1.29, 1.82) is 0 Å². The Kier molecular flexibility index (Phi) is 4.61. The second kappa shape index (κ2) is 6.21. The molecule has 3 heteroatoms. The Labute approximate surface area is 113 Å². The summed E-state index contributed by atoms with van der Waals surface area (Å²) in [4.78, 5) is 4.36. The molecule has 1 atom stereocenters. The zero-order valence-electron chi connectivity index (χ0n) is 11.2. The first-order valence-electron chi connectivity index (χ1n) is 6.34. The molecule has 1 unspecified atom stereocenters. The molecular weight excluding hydrogens is 240 g/mol. The summed E-state index contributed by atoms with van der Waals surface area (Å²) < 4.78 is 0. The van der Waals surface area contributed by atoms with E-state index in [1.54, 1.807) is 0 Å². The molecule has 1 heterocycles. The van der Waals surface area contributed by atoms with Crippen LogP contribution in [-0.4, -0.2) is 23.0 Å². The van der Waals surface area contributed by atoms with Gasteiger partial charge in [-0.15, -0.1) is 0 Å². The minimum Gasteiger partial charge on any atom is -0.312 e. The molecule has 0 radical (unpaired) electrons. The topological polar surface area (TPSA) is 24.9 Å². The van der Waals surface area contributed by atoms with Gasteiger partial charge >= 0.3 is 0 Å². The fourth-order valence-corrected chi connectivity index (χ4v) is 2.96. The third kappa shape index (κ3) is 3.03. The van der Waals surface area contributed by atoms with Crippen LogP contribution in [0.5, 0.6) is 0 Å². The maximum absolute atomic E-state index is 4.36. The highest BCUT2D eigenvalue weighted by molar-refractivity contribution is 7.99. The first kappa shape index (κ1) is 13.4. The molecule has 0 fully saturated rings. The normalized spacial score (nSPS) is 13.1. The Morgan fingerprint density at radius 2 is 2.00 bits per heavy atom. The van der Waals surface area contributed by atoms with Gasteiger partial charge < -0.3 is 5.32 Å². The maximum atomic E-state index is 4.36. The fourth-order valence-electron chi connectivity index (χ4n) is 2.03. The summed E-state index contributed by atoms with van der Waals surface area (Å²) >= 11 is 1.98. The number of nitrogens with zero attached hydrogens (tertiary/aromatic N) is 1. The van der Waals surface area contributed by atoms with Gasteiger partial charge in [-0.05, 0) is 23.2 Å². The highest BCUT2D eigenvalue weighted by Crippen LogP contribution is 2.26. The molecule has 1 aromatic carbocycles. The van der Waals surface area contributed by atoms with Crippen LogP contribution in [0.2, 0.25) is 0 Å². The van der Waals surface area contributed by atoms with Crippen LogP contribution in [0.1, 0.15) is 25.5 Å². The summed E-state index contributed by atoms with van der Waals surface area (Å²) in [5.74, 6) is 1.07. The van der Waals surface area contributed by atoms with Crippen LogP contribution in [0, 0.1) is 0 Å². The van der Waals surface area contributed by atoms with Crippen molar-refractivity contribution in [1.82, 2.24) is 10.3 Å². The number of nitrogens with one attached hydrogen (secondary N) is 1. The summed E-state index contributed by atoms with van der Waals surface area (Å²) in [6.45, 7) is 4.47. The minimum atomic E-state index is 0.357. The lowest BCUT2D eigenvalue weighted by Gasteiger charge is -2.19. The Balaban J connectivity index is 2.32. The quantitative estimate of drug-likeness (QED) is 0.888. The number of benzene rings is 1. The number of rotatable bonds is 5. The summed E-state index contributed by atoms with van der Waals surface area (Å²) in [5, 5.41) is 6.58. The van der Waals surface area contributed by atoms with Gasteiger partial charge in [0.1, 0.15) is 0 Å². The van der Waals surface area contributed by atoms with Gasteiger partial charge in [0, 0.05) is 29.6 Å². The molecule has 0 aliphatic rings. The lowest BCUT2D eigenvalue weighted by atomic mass is 10.0. The molecule has 1 N–H and O–H groups in total. The second-order valence-electron chi connectivity index (χ2n) is 4.67. The average molecular weight is 260 g/mol.